The van der Waals surface area contributed by atoms with Gasteiger partial charge in [0, 0.05) is 13.1 Å². The molecule has 0 saturated carbocycles. The first-order valence-corrected chi connectivity index (χ1v) is 6.45. The van der Waals surface area contributed by atoms with Crippen LogP contribution in [0.5, 0.6) is 5.75 Å². The maximum absolute atomic E-state index is 10.5. The maximum Gasteiger partial charge on any atom is 0.302 e. The minimum absolute atomic E-state index is 0.195. The first kappa shape index (κ1) is 14.5. The number of carbonyl (C=O) groups is 1. The summed E-state index contributed by atoms with van der Waals surface area (Å²) in [4.78, 5) is 14.5. The molecule has 0 saturated heterocycles. The second-order valence-corrected chi connectivity index (χ2v) is 4.14. The fraction of sp³-hybridized carbons (Fsp3) is 0.571. The Bertz CT molecular complexity index is 327. The third kappa shape index (κ3) is 7.65. The molecule has 0 N–H and O–H groups in total. The maximum atomic E-state index is 10.5. The number of ether oxygens (including phenoxy) is 2. The van der Waals surface area contributed by atoms with Gasteiger partial charge in [0.15, 0.2) is 0 Å². The summed E-state index contributed by atoms with van der Waals surface area (Å²) in [7, 11) is 0. The topological polar surface area (TPSA) is 48.4 Å². The Morgan fingerprint density at radius 2 is 1.89 bits per heavy atom. The zero-order valence-corrected chi connectivity index (χ0v) is 10.9. The molecule has 0 spiro atoms. The Labute approximate surface area is 108 Å². The van der Waals surface area contributed by atoms with Crippen molar-refractivity contribution in [1.82, 2.24) is 4.98 Å². The van der Waals surface area contributed by atoms with Gasteiger partial charge in [0.25, 0.3) is 0 Å². The zero-order valence-electron chi connectivity index (χ0n) is 10.9. The third-order valence-electron chi connectivity index (χ3n) is 2.50. The summed E-state index contributed by atoms with van der Waals surface area (Å²) in [5, 5.41) is 0. The lowest BCUT2D eigenvalue weighted by Gasteiger charge is -2.05. The normalized spacial score (nSPS) is 10.1. The number of rotatable bonds is 9. The van der Waals surface area contributed by atoms with Crippen molar-refractivity contribution in [3.05, 3.63) is 24.5 Å². The van der Waals surface area contributed by atoms with E-state index in [1.807, 2.05) is 12.1 Å². The van der Waals surface area contributed by atoms with E-state index >= 15 is 0 Å². The van der Waals surface area contributed by atoms with Crippen molar-refractivity contribution in [2.24, 2.45) is 0 Å². The van der Waals surface area contributed by atoms with E-state index < -0.39 is 0 Å². The van der Waals surface area contributed by atoms with Gasteiger partial charge in [-0.15, -0.1) is 0 Å². The molecule has 100 valence electrons. The van der Waals surface area contributed by atoms with Gasteiger partial charge >= 0.3 is 5.97 Å². The quantitative estimate of drug-likeness (QED) is 0.500. The van der Waals surface area contributed by atoms with Crippen molar-refractivity contribution < 1.29 is 14.3 Å². The van der Waals surface area contributed by atoms with Gasteiger partial charge in [0.1, 0.15) is 5.75 Å². The number of hydrogen-bond acceptors (Lipinski definition) is 4. The SMILES string of the molecule is CC(=O)OCCCCCCCOc1cccnc1. The fourth-order valence-corrected chi connectivity index (χ4v) is 1.57. The molecule has 0 bridgehead atoms. The molecule has 1 heterocycles. The number of aromatic nitrogens is 1. The first-order chi connectivity index (χ1) is 8.79. The fourth-order valence-electron chi connectivity index (χ4n) is 1.57. The molecule has 0 aliphatic rings. The van der Waals surface area contributed by atoms with E-state index in [0.717, 1.165) is 44.5 Å². The summed E-state index contributed by atoms with van der Waals surface area (Å²) in [6.07, 6.45) is 8.83. The zero-order chi connectivity index (χ0) is 13.1. The molecule has 1 aromatic rings. The van der Waals surface area contributed by atoms with Crippen LogP contribution in [-0.4, -0.2) is 24.2 Å². The van der Waals surface area contributed by atoms with Gasteiger partial charge in [-0.1, -0.05) is 19.3 Å². The van der Waals surface area contributed by atoms with Crippen LogP contribution >= 0.6 is 0 Å². The minimum atomic E-state index is -0.195. The summed E-state index contributed by atoms with van der Waals surface area (Å²) >= 11 is 0. The van der Waals surface area contributed by atoms with Gasteiger partial charge in [-0.2, -0.15) is 0 Å². The lowest BCUT2D eigenvalue weighted by atomic mass is 10.1. The van der Waals surface area contributed by atoms with E-state index in [1.165, 1.54) is 6.92 Å². The predicted octanol–water partition coefficient (Wildman–Crippen LogP) is 2.97. The van der Waals surface area contributed by atoms with Crippen molar-refractivity contribution >= 4 is 5.97 Å². The first-order valence-electron chi connectivity index (χ1n) is 6.45. The van der Waals surface area contributed by atoms with Gasteiger partial charge in [-0.25, -0.2) is 0 Å². The lowest BCUT2D eigenvalue weighted by Crippen LogP contribution is -2.00. The summed E-state index contributed by atoms with van der Waals surface area (Å²) in [6, 6.07) is 3.77. The average Bonchev–Trinajstić information content (AvgIpc) is 2.37. The summed E-state index contributed by atoms with van der Waals surface area (Å²) in [5.74, 6) is 0.632. The second kappa shape index (κ2) is 9.45. The second-order valence-electron chi connectivity index (χ2n) is 4.14. The molecule has 18 heavy (non-hydrogen) atoms. The molecule has 0 fully saturated rings. The lowest BCUT2D eigenvalue weighted by molar-refractivity contribution is -0.141. The van der Waals surface area contributed by atoms with Crippen LogP contribution in [-0.2, 0) is 9.53 Å². The van der Waals surface area contributed by atoms with Crippen LogP contribution in [0.4, 0.5) is 0 Å². The van der Waals surface area contributed by atoms with E-state index in [4.69, 9.17) is 9.47 Å². The largest absolute Gasteiger partial charge is 0.492 e. The molecule has 0 atom stereocenters. The van der Waals surface area contributed by atoms with Gasteiger partial charge in [0.2, 0.25) is 0 Å². The van der Waals surface area contributed by atoms with E-state index in [9.17, 15) is 4.79 Å². The van der Waals surface area contributed by atoms with Crippen LogP contribution in [0.2, 0.25) is 0 Å². The van der Waals surface area contributed by atoms with Crippen molar-refractivity contribution in [1.29, 1.82) is 0 Å². The van der Waals surface area contributed by atoms with Crippen molar-refractivity contribution in [2.45, 2.75) is 39.0 Å². The van der Waals surface area contributed by atoms with Crippen molar-refractivity contribution in [3.63, 3.8) is 0 Å². The van der Waals surface area contributed by atoms with Crippen LogP contribution < -0.4 is 4.74 Å². The summed E-state index contributed by atoms with van der Waals surface area (Å²) in [5.41, 5.74) is 0. The standard InChI is InChI=1S/C14H21NO3/c1-13(16)17-10-5-3-2-4-6-11-18-14-8-7-9-15-12-14/h7-9,12H,2-6,10-11H2,1H3. The van der Waals surface area contributed by atoms with Crippen LogP contribution in [0.15, 0.2) is 24.5 Å². The van der Waals surface area contributed by atoms with Crippen LogP contribution in [0.25, 0.3) is 0 Å². The molecule has 0 radical (unpaired) electrons. The van der Waals surface area contributed by atoms with E-state index in [1.54, 1.807) is 12.4 Å². The van der Waals surface area contributed by atoms with Gasteiger partial charge in [-0.3, -0.25) is 9.78 Å². The Kier molecular flexibility index (Phi) is 7.60. The highest BCUT2D eigenvalue weighted by atomic mass is 16.5. The highest BCUT2D eigenvalue weighted by molar-refractivity contribution is 5.65. The molecule has 4 heteroatoms. The Morgan fingerprint density at radius 1 is 1.17 bits per heavy atom. The third-order valence-corrected chi connectivity index (χ3v) is 2.50. The van der Waals surface area contributed by atoms with Crippen LogP contribution in [0.1, 0.15) is 39.0 Å². The van der Waals surface area contributed by atoms with E-state index in [0.29, 0.717) is 6.61 Å². The van der Waals surface area contributed by atoms with Crippen molar-refractivity contribution in [3.8, 4) is 5.75 Å². The molecule has 0 aliphatic carbocycles. The monoisotopic (exact) mass is 251 g/mol. The molecule has 1 aromatic heterocycles. The number of unbranched alkanes of at least 4 members (excludes halogenated alkanes) is 4. The Morgan fingerprint density at radius 3 is 2.56 bits per heavy atom. The van der Waals surface area contributed by atoms with E-state index in [2.05, 4.69) is 4.98 Å². The average molecular weight is 251 g/mol. The molecule has 4 nitrogen and oxygen atoms in total. The number of nitrogens with zero attached hydrogens (tertiary/aromatic N) is 1. The minimum Gasteiger partial charge on any atom is -0.492 e. The van der Waals surface area contributed by atoms with Crippen LogP contribution in [0, 0.1) is 0 Å². The number of carbonyl (C=O) groups excluding carboxylic acids is 1. The van der Waals surface area contributed by atoms with Gasteiger partial charge < -0.3 is 9.47 Å². The summed E-state index contributed by atoms with van der Waals surface area (Å²) in [6.45, 7) is 2.72. The van der Waals surface area contributed by atoms with Gasteiger partial charge in [-0.05, 0) is 25.0 Å². The Balaban J connectivity index is 1.86. The van der Waals surface area contributed by atoms with Crippen molar-refractivity contribution in [2.75, 3.05) is 13.2 Å². The highest BCUT2D eigenvalue weighted by Crippen LogP contribution is 2.08. The molecule has 0 aliphatic heterocycles. The smallest absolute Gasteiger partial charge is 0.302 e. The number of esters is 1. The van der Waals surface area contributed by atoms with Crippen LogP contribution in [0.3, 0.4) is 0 Å². The van der Waals surface area contributed by atoms with Gasteiger partial charge in [0.05, 0.1) is 19.4 Å². The Hall–Kier alpha value is -1.58. The highest BCUT2D eigenvalue weighted by Gasteiger charge is 1.95. The van der Waals surface area contributed by atoms with E-state index in [-0.39, 0.29) is 5.97 Å². The number of pyridine rings is 1. The predicted molar refractivity (Wildman–Crippen MR) is 69.5 cm³/mol. The molecule has 0 amide bonds. The molecule has 0 aromatic carbocycles. The number of hydrogen-bond donors (Lipinski definition) is 0. The molecule has 1 rings (SSSR count). The molecular formula is C14H21NO3. The molecule has 0 unspecified atom stereocenters. The molecular weight excluding hydrogens is 230 g/mol. The summed E-state index contributed by atoms with van der Waals surface area (Å²) < 4.78 is 10.4.